The highest BCUT2D eigenvalue weighted by atomic mass is 79.9. The summed E-state index contributed by atoms with van der Waals surface area (Å²) in [5, 5.41) is 0. The number of alkyl halides is 1. The summed E-state index contributed by atoms with van der Waals surface area (Å²) < 4.78 is 24.1. The van der Waals surface area contributed by atoms with Gasteiger partial charge in [0.05, 0.1) is 13.7 Å². The summed E-state index contributed by atoms with van der Waals surface area (Å²) in [5.74, 6) is 0.666. The van der Waals surface area contributed by atoms with Crippen LogP contribution in [0.3, 0.4) is 0 Å². The lowest BCUT2D eigenvalue weighted by Gasteiger charge is -2.17. The van der Waals surface area contributed by atoms with Crippen LogP contribution in [0.4, 0.5) is 4.39 Å². The SMILES string of the molecule is COc1ccc(C(Br)C2CCOC2)c(F)c1. The predicted molar refractivity (Wildman–Crippen MR) is 63.5 cm³/mol. The van der Waals surface area contributed by atoms with Crippen LogP contribution < -0.4 is 4.74 Å². The van der Waals surface area contributed by atoms with Crippen molar-refractivity contribution in [3.63, 3.8) is 0 Å². The van der Waals surface area contributed by atoms with Crippen LogP contribution in [0.2, 0.25) is 0 Å². The third-order valence-electron chi connectivity index (χ3n) is 2.88. The van der Waals surface area contributed by atoms with Gasteiger partial charge in [-0.15, -0.1) is 0 Å². The molecule has 16 heavy (non-hydrogen) atoms. The molecule has 0 amide bonds. The van der Waals surface area contributed by atoms with Crippen LogP contribution in [0.15, 0.2) is 18.2 Å². The monoisotopic (exact) mass is 288 g/mol. The molecule has 0 saturated carbocycles. The minimum atomic E-state index is -0.229. The molecule has 1 aromatic rings. The Balaban J connectivity index is 2.19. The molecule has 1 heterocycles. The van der Waals surface area contributed by atoms with Gasteiger partial charge in [-0.25, -0.2) is 4.39 Å². The molecular weight excluding hydrogens is 275 g/mol. The van der Waals surface area contributed by atoms with Crippen molar-refractivity contribution >= 4 is 15.9 Å². The lowest BCUT2D eigenvalue weighted by molar-refractivity contribution is 0.185. The predicted octanol–water partition coefficient (Wildman–Crippen LogP) is 3.31. The van der Waals surface area contributed by atoms with Crippen LogP contribution in [0.25, 0.3) is 0 Å². The van der Waals surface area contributed by atoms with Crippen LogP contribution in [-0.2, 0) is 4.74 Å². The molecule has 1 aliphatic heterocycles. The molecule has 2 unspecified atom stereocenters. The second kappa shape index (κ2) is 5.15. The van der Waals surface area contributed by atoms with Crippen molar-refractivity contribution in [2.45, 2.75) is 11.2 Å². The maximum absolute atomic E-state index is 13.8. The van der Waals surface area contributed by atoms with Gasteiger partial charge in [-0.3, -0.25) is 0 Å². The Morgan fingerprint density at radius 1 is 1.56 bits per heavy atom. The van der Waals surface area contributed by atoms with E-state index >= 15 is 0 Å². The number of halogens is 2. The first-order chi connectivity index (χ1) is 7.72. The molecule has 0 N–H and O–H groups in total. The lowest BCUT2D eigenvalue weighted by atomic mass is 9.98. The molecule has 2 nitrogen and oxygen atoms in total. The zero-order chi connectivity index (χ0) is 11.5. The molecule has 0 bridgehead atoms. The third-order valence-corrected chi connectivity index (χ3v) is 4.12. The number of hydrogen-bond donors (Lipinski definition) is 0. The van der Waals surface area contributed by atoms with Gasteiger partial charge in [-0.1, -0.05) is 22.0 Å². The highest BCUT2D eigenvalue weighted by Gasteiger charge is 2.26. The van der Waals surface area contributed by atoms with Crippen molar-refractivity contribution in [2.75, 3.05) is 20.3 Å². The largest absolute Gasteiger partial charge is 0.497 e. The maximum atomic E-state index is 13.8. The highest BCUT2D eigenvalue weighted by Crippen LogP contribution is 2.37. The van der Waals surface area contributed by atoms with Gasteiger partial charge in [-0.2, -0.15) is 0 Å². The summed E-state index contributed by atoms with van der Waals surface area (Å²) in [6, 6.07) is 4.97. The van der Waals surface area contributed by atoms with Crippen molar-refractivity contribution < 1.29 is 13.9 Å². The van der Waals surface area contributed by atoms with Gasteiger partial charge < -0.3 is 9.47 Å². The number of methoxy groups -OCH3 is 1. The first-order valence-electron chi connectivity index (χ1n) is 5.27. The average molecular weight is 289 g/mol. The van der Waals surface area contributed by atoms with Crippen LogP contribution in [0, 0.1) is 11.7 Å². The molecule has 88 valence electrons. The fourth-order valence-electron chi connectivity index (χ4n) is 1.90. The van der Waals surface area contributed by atoms with Crippen molar-refractivity contribution in [3.05, 3.63) is 29.6 Å². The number of ether oxygens (including phenoxy) is 2. The van der Waals surface area contributed by atoms with E-state index in [0.717, 1.165) is 13.0 Å². The quantitative estimate of drug-likeness (QED) is 0.795. The minimum absolute atomic E-state index is 0.0147. The zero-order valence-electron chi connectivity index (χ0n) is 9.08. The van der Waals surface area contributed by atoms with Gasteiger partial charge in [-0.05, 0) is 12.5 Å². The summed E-state index contributed by atoms with van der Waals surface area (Å²) in [4.78, 5) is 0.0147. The van der Waals surface area contributed by atoms with E-state index in [2.05, 4.69) is 15.9 Å². The fraction of sp³-hybridized carbons (Fsp3) is 0.500. The second-order valence-electron chi connectivity index (χ2n) is 3.91. The van der Waals surface area contributed by atoms with Crippen LogP contribution >= 0.6 is 15.9 Å². The third kappa shape index (κ3) is 2.38. The number of benzene rings is 1. The van der Waals surface area contributed by atoms with E-state index in [4.69, 9.17) is 9.47 Å². The smallest absolute Gasteiger partial charge is 0.131 e. The molecule has 1 fully saturated rings. The molecule has 1 saturated heterocycles. The first kappa shape index (κ1) is 11.9. The molecule has 4 heteroatoms. The molecule has 0 aliphatic carbocycles. The second-order valence-corrected chi connectivity index (χ2v) is 4.90. The maximum Gasteiger partial charge on any atom is 0.131 e. The van der Waals surface area contributed by atoms with Gasteiger partial charge in [0, 0.05) is 29.0 Å². The summed E-state index contributed by atoms with van der Waals surface area (Å²) in [7, 11) is 1.53. The molecular formula is C12H14BrFO2. The van der Waals surface area contributed by atoms with E-state index in [9.17, 15) is 4.39 Å². The normalized spacial score (nSPS) is 22.1. The van der Waals surface area contributed by atoms with Crippen molar-refractivity contribution in [2.24, 2.45) is 5.92 Å². The highest BCUT2D eigenvalue weighted by molar-refractivity contribution is 9.09. The van der Waals surface area contributed by atoms with Crippen molar-refractivity contribution in [3.8, 4) is 5.75 Å². The van der Waals surface area contributed by atoms with Crippen molar-refractivity contribution in [1.82, 2.24) is 0 Å². The van der Waals surface area contributed by atoms with Crippen molar-refractivity contribution in [1.29, 1.82) is 0 Å². The number of rotatable bonds is 3. The molecule has 0 spiro atoms. The zero-order valence-corrected chi connectivity index (χ0v) is 10.7. The van der Waals surface area contributed by atoms with E-state index in [0.29, 0.717) is 23.8 Å². The van der Waals surface area contributed by atoms with Crippen LogP contribution in [0.5, 0.6) is 5.75 Å². The summed E-state index contributed by atoms with van der Waals surface area (Å²) >= 11 is 3.55. The Morgan fingerprint density at radius 2 is 2.38 bits per heavy atom. The van der Waals surface area contributed by atoms with E-state index < -0.39 is 0 Å². The fourth-order valence-corrected chi connectivity index (χ4v) is 2.68. The van der Waals surface area contributed by atoms with Gasteiger partial charge in [0.2, 0.25) is 0 Å². The van der Waals surface area contributed by atoms with Gasteiger partial charge >= 0.3 is 0 Å². The Bertz CT molecular complexity index is 364. The van der Waals surface area contributed by atoms with Crippen LogP contribution in [-0.4, -0.2) is 20.3 Å². The summed E-state index contributed by atoms with van der Waals surface area (Å²) in [5.41, 5.74) is 0.677. The first-order valence-corrected chi connectivity index (χ1v) is 6.19. The standard InChI is InChI=1S/C12H14BrFO2/c1-15-9-2-3-10(11(14)6-9)12(13)8-4-5-16-7-8/h2-3,6,8,12H,4-5,7H2,1H3. The minimum Gasteiger partial charge on any atom is -0.497 e. The number of hydrogen-bond acceptors (Lipinski definition) is 2. The molecule has 1 aromatic carbocycles. The van der Waals surface area contributed by atoms with E-state index in [1.54, 1.807) is 12.1 Å². The Morgan fingerprint density at radius 3 is 2.94 bits per heavy atom. The molecule has 1 aliphatic rings. The topological polar surface area (TPSA) is 18.5 Å². The summed E-state index contributed by atoms with van der Waals surface area (Å²) in [6.45, 7) is 1.46. The summed E-state index contributed by atoms with van der Waals surface area (Å²) in [6.07, 6.45) is 0.974. The molecule has 0 aromatic heterocycles. The Labute approximate surface area is 103 Å². The molecule has 0 radical (unpaired) electrons. The van der Waals surface area contributed by atoms with Crippen LogP contribution in [0.1, 0.15) is 16.8 Å². The van der Waals surface area contributed by atoms with Gasteiger partial charge in [0.15, 0.2) is 0 Å². The Kier molecular flexibility index (Phi) is 3.82. The Hall–Kier alpha value is -0.610. The molecule has 2 rings (SSSR count). The molecule has 2 atom stereocenters. The van der Waals surface area contributed by atoms with E-state index in [1.807, 2.05) is 0 Å². The lowest BCUT2D eigenvalue weighted by Crippen LogP contribution is -2.08. The van der Waals surface area contributed by atoms with Gasteiger partial charge in [0.1, 0.15) is 11.6 Å². The van der Waals surface area contributed by atoms with E-state index in [-0.39, 0.29) is 10.6 Å². The van der Waals surface area contributed by atoms with Gasteiger partial charge in [0.25, 0.3) is 0 Å². The average Bonchev–Trinajstić information content (AvgIpc) is 2.81. The van der Waals surface area contributed by atoms with E-state index in [1.165, 1.54) is 13.2 Å².